The number of phenols is 4. The monoisotopic (exact) mass is 404 g/mol. The minimum atomic E-state index is -0.781. The molecule has 2 rings (SSSR count). The lowest BCUT2D eigenvalue weighted by Crippen LogP contribution is -2.11. The van der Waals surface area contributed by atoms with Crippen LogP contribution in [0.15, 0.2) is 6.07 Å². The Kier molecular flexibility index (Phi) is 6.26. The lowest BCUT2D eigenvalue weighted by molar-refractivity contribution is 0.0520. The van der Waals surface area contributed by atoms with E-state index < -0.39 is 23.4 Å². The number of carbonyl (C=O) groups is 2. The Labute approximate surface area is 168 Å². The predicted octanol–water partition coefficient (Wildman–Crippen LogP) is 2.99. The first-order valence-electron chi connectivity index (χ1n) is 8.90. The summed E-state index contributed by atoms with van der Waals surface area (Å²) in [6, 6.07) is 1.30. The molecule has 0 atom stereocenters. The number of esters is 2. The number of benzene rings is 2. The van der Waals surface area contributed by atoms with Gasteiger partial charge in [-0.15, -0.1) is 0 Å². The highest BCUT2D eigenvalue weighted by Gasteiger charge is 2.27. The third-order valence-corrected chi connectivity index (χ3v) is 4.86. The second kappa shape index (κ2) is 8.30. The molecular weight excluding hydrogens is 380 g/mol. The Hall–Kier alpha value is -3.42. The molecule has 0 spiro atoms. The van der Waals surface area contributed by atoms with E-state index in [-0.39, 0.29) is 57.9 Å². The molecule has 0 unspecified atom stereocenters. The van der Waals surface area contributed by atoms with Crippen LogP contribution >= 0.6 is 0 Å². The zero-order valence-electron chi connectivity index (χ0n) is 16.9. The van der Waals surface area contributed by atoms with Gasteiger partial charge in [-0.1, -0.05) is 0 Å². The second-order valence-corrected chi connectivity index (χ2v) is 6.60. The minimum Gasteiger partial charge on any atom is -0.508 e. The van der Waals surface area contributed by atoms with Gasteiger partial charge in [0.2, 0.25) is 0 Å². The number of carbonyl (C=O) groups excluding carboxylic acids is 2. The molecule has 0 fully saturated rings. The fraction of sp³-hybridized carbons (Fsp3) is 0.333. The number of rotatable bonds is 5. The van der Waals surface area contributed by atoms with Crippen molar-refractivity contribution in [1.29, 1.82) is 0 Å². The third kappa shape index (κ3) is 3.78. The topological polar surface area (TPSA) is 134 Å². The molecule has 156 valence electrons. The molecule has 0 amide bonds. The number of methoxy groups -OCH3 is 1. The smallest absolute Gasteiger partial charge is 0.342 e. The van der Waals surface area contributed by atoms with Gasteiger partial charge in [-0.05, 0) is 44.9 Å². The SMILES string of the molecule is CCOC(=O)c1c(C)c(Cc2c(O)cc(C)c(C(=O)OC)c2O)c(O)c(C)c1O. The fourth-order valence-electron chi connectivity index (χ4n) is 3.24. The second-order valence-electron chi connectivity index (χ2n) is 6.60. The van der Waals surface area contributed by atoms with Gasteiger partial charge in [-0.25, -0.2) is 9.59 Å². The summed E-state index contributed by atoms with van der Waals surface area (Å²) in [5.74, 6) is -3.04. The maximum absolute atomic E-state index is 12.3. The summed E-state index contributed by atoms with van der Waals surface area (Å²) in [7, 11) is 1.17. The molecule has 0 bridgehead atoms. The average molecular weight is 404 g/mol. The third-order valence-electron chi connectivity index (χ3n) is 4.86. The van der Waals surface area contributed by atoms with Gasteiger partial charge >= 0.3 is 11.9 Å². The highest BCUT2D eigenvalue weighted by molar-refractivity contribution is 5.96. The molecule has 8 heteroatoms. The average Bonchev–Trinajstić information content (AvgIpc) is 2.65. The number of hydrogen-bond donors (Lipinski definition) is 4. The number of aryl methyl sites for hydroxylation is 1. The highest BCUT2D eigenvalue weighted by atomic mass is 16.5. The fourth-order valence-corrected chi connectivity index (χ4v) is 3.24. The molecule has 0 aromatic heterocycles. The van der Waals surface area contributed by atoms with Crippen LogP contribution in [0, 0.1) is 20.8 Å². The zero-order valence-corrected chi connectivity index (χ0v) is 16.9. The Balaban J connectivity index is 2.73. The van der Waals surface area contributed by atoms with Crippen LogP contribution in [0.5, 0.6) is 23.0 Å². The molecule has 0 radical (unpaired) electrons. The van der Waals surface area contributed by atoms with Crippen LogP contribution in [0.2, 0.25) is 0 Å². The number of ether oxygens (including phenoxy) is 2. The molecule has 2 aromatic carbocycles. The van der Waals surface area contributed by atoms with Crippen LogP contribution in [-0.4, -0.2) is 46.1 Å². The van der Waals surface area contributed by atoms with E-state index in [9.17, 15) is 30.0 Å². The standard InChI is InChI=1S/C21H24O8/c1-6-29-21(27)16-10(3)12(17(23)11(4)18(16)24)8-13-14(22)7-9(2)15(19(13)25)20(26)28-5/h7,22-25H,6,8H2,1-5H3. The first kappa shape index (κ1) is 21.9. The number of hydrogen-bond acceptors (Lipinski definition) is 8. The molecule has 29 heavy (non-hydrogen) atoms. The molecule has 0 aliphatic rings. The van der Waals surface area contributed by atoms with E-state index in [1.165, 1.54) is 33.9 Å². The Morgan fingerprint density at radius 1 is 0.862 bits per heavy atom. The van der Waals surface area contributed by atoms with Crippen LogP contribution in [0.4, 0.5) is 0 Å². The van der Waals surface area contributed by atoms with Crippen molar-refractivity contribution < 1.29 is 39.5 Å². The number of phenolic OH excluding ortho intramolecular Hbond substituents is 4. The molecule has 0 saturated heterocycles. The summed E-state index contributed by atoms with van der Waals surface area (Å²) in [4.78, 5) is 24.3. The Bertz CT molecular complexity index is 991. The van der Waals surface area contributed by atoms with E-state index >= 15 is 0 Å². The van der Waals surface area contributed by atoms with Crippen molar-refractivity contribution in [2.45, 2.75) is 34.1 Å². The Morgan fingerprint density at radius 2 is 1.48 bits per heavy atom. The maximum Gasteiger partial charge on any atom is 0.342 e. The van der Waals surface area contributed by atoms with Crippen LogP contribution in [0.25, 0.3) is 0 Å². The normalized spacial score (nSPS) is 10.7. The van der Waals surface area contributed by atoms with Crippen LogP contribution in [-0.2, 0) is 15.9 Å². The summed E-state index contributed by atoms with van der Waals surface area (Å²) in [6.07, 6.45) is -0.215. The van der Waals surface area contributed by atoms with Crippen molar-refractivity contribution >= 4 is 11.9 Å². The van der Waals surface area contributed by atoms with Gasteiger partial charge in [0.05, 0.1) is 13.7 Å². The van der Waals surface area contributed by atoms with Crippen LogP contribution in [0.1, 0.15) is 55.5 Å². The van der Waals surface area contributed by atoms with Gasteiger partial charge in [0.15, 0.2) is 0 Å². The molecule has 0 heterocycles. The van der Waals surface area contributed by atoms with E-state index in [0.717, 1.165) is 0 Å². The molecule has 2 aromatic rings. The van der Waals surface area contributed by atoms with Crippen molar-refractivity contribution in [2.75, 3.05) is 13.7 Å². The summed E-state index contributed by atoms with van der Waals surface area (Å²) < 4.78 is 9.66. The van der Waals surface area contributed by atoms with Crippen molar-refractivity contribution in [2.24, 2.45) is 0 Å². The molecule has 0 saturated carbocycles. The first-order valence-corrected chi connectivity index (χ1v) is 8.90. The van der Waals surface area contributed by atoms with Crippen LogP contribution in [0.3, 0.4) is 0 Å². The summed E-state index contributed by atoms with van der Waals surface area (Å²) in [6.45, 7) is 6.17. The maximum atomic E-state index is 12.3. The van der Waals surface area contributed by atoms with Gasteiger partial charge in [-0.2, -0.15) is 0 Å². The Morgan fingerprint density at radius 3 is 2.03 bits per heavy atom. The molecular formula is C21H24O8. The lowest BCUT2D eigenvalue weighted by Gasteiger charge is -2.19. The van der Waals surface area contributed by atoms with Crippen molar-refractivity contribution in [1.82, 2.24) is 0 Å². The summed E-state index contributed by atoms with van der Waals surface area (Å²) >= 11 is 0. The summed E-state index contributed by atoms with van der Waals surface area (Å²) in [5, 5.41) is 41.8. The van der Waals surface area contributed by atoms with Gasteiger partial charge in [0.1, 0.15) is 34.1 Å². The van der Waals surface area contributed by atoms with E-state index in [2.05, 4.69) is 4.74 Å². The van der Waals surface area contributed by atoms with E-state index in [4.69, 9.17) is 4.74 Å². The van der Waals surface area contributed by atoms with Gasteiger partial charge < -0.3 is 29.9 Å². The lowest BCUT2D eigenvalue weighted by atomic mass is 9.90. The molecule has 0 aliphatic carbocycles. The van der Waals surface area contributed by atoms with Crippen LogP contribution < -0.4 is 0 Å². The van der Waals surface area contributed by atoms with Gasteiger partial charge in [0, 0.05) is 23.1 Å². The molecule has 0 aliphatic heterocycles. The van der Waals surface area contributed by atoms with Crippen molar-refractivity contribution in [3.63, 3.8) is 0 Å². The quantitative estimate of drug-likeness (QED) is 0.559. The minimum absolute atomic E-state index is 0.0331. The van der Waals surface area contributed by atoms with E-state index in [1.807, 2.05) is 0 Å². The largest absolute Gasteiger partial charge is 0.508 e. The predicted molar refractivity (Wildman–Crippen MR) is 104 cm³/mol. The number of aromatic hydroxyl groups is 4. The summed E-state index contributed by atoms with van der Waals surface area (Å²) in [5.41, 5.74) is 0.513. The highest BCUT2D eigenvalue weighted by Crippen LogP contribution is 2.42. The van der Waals surface area contributed by atoms with Crippen molar-refractivity contribution in [3.05, 3.63) is 45.0 Å². The molecule has 8 nitrogen and oxygen atoms in total. The van der Waals surface area contributed by atoms with E-state index in [1.54, 1.807) is 6.92 Å². The molecule has 4 N–H and O–H groups in total. The van der Waals surface area contributed by atoms with E-state index in [0.29, 0.717) is 5.56 Å². The van der Waals surface area contributed by atoms with Crippen molar-refractivity contribution in [3.8, 4) is 23.0 Å². The zero-order chi connectivity index (χ0) is 22.0. The van der Waals surface area contributed by atoms with Gasteiger partial charge in [0.25, 0.3) is 0 Å². The first-order chi connectivity index (χ1) is 13.6. The van der Waals surface area contributed by atoms with Gasteiger partial charge in [-0.3, -0.25) is 0 Å².